The van der Waals surface area contributed by atoms with Crippen LogP contribution in [0.2, 0.25) is 0 Å². The van der Waals surface area contributed by atoms with Crippen molar-refractivity contribution in [3.63, 3.8) is 0 Å². The van der Waals surface area contributed by atoms with E-state index >= 15 is 0 Å². The lowest BCUT2D eigenvalue weighted by Gasteiger charge is -2.26. The molecule has 3 atom stereocenters. The van der Waals surface area contributed by atoms with Crippen LogP contribution in [0.4, 0.5) is 0 Å². The summed E-state index contributed by atoms with van der Waals surface area (Å²) in [6.07, 6.45) is 41.3. The van der Waals surface area contributed by atoms with Gasteiger partial charge in [-0.1, -0.05) is 213 Å². The lowest BCUT2D eigenvalue weighted by atomic mass is 10.0. The van der Waals surface area contributed by atoms with Gasteiger partial charge in [-0.05, 0) is 12.8 Å². The molecule has 1 amide bonds. The number of aliphatic hydroxyl groups is 1. The van der Waals surface area contributed by atoms with Crippen LogP contribution in [0, 0.1) is 0 Å². The van der Waals surface area contributed by atoms with Gasteiger partial charge < -0.3 is 19.8 Å². The fourth-order valence-electron chi connectivity index (χ4n) is 7.11. The molecule has 8 nitrogen and oxygen atoms in total. The molecule has 54 heavy (non-hydrogen) atoms. The normalized spacial score (nSPS) is 14.3. The van der Waals surface area contributed by atoms with Crippen molar-refractivity contribution in [1.82, 2.24) is 5.32 Å². The molecule has 0 fully saturated rings. The predicted molar refractivity (Wildman–Crippen MR) is 231 cm³/mol. The Kier molecular flexibility index (Phi) is 37.7. The number of hydrogen-bond donors (Lipinski definition) is 3. The second-order valence-electron chi connectivity index (χ2n) is 17.5. The van der Waals surface area contributed by atoms with Crippen molar-refractivity contribution in [2.45, 2.75) is 244 Å². The highest BCUT2D eigenvalue weighted by Crippen LogP contribution is 2.43. The maximum absolute atomic E-state index is 12.9. The molecule has 0 rings (SSSR count). The average molecular weight is 790 g/mol. The molecule has 0 aliphatic carbocycles. The van der Waals surface area contributed by atoms with Crippen LogP contribution in [-0.4, -0.2) is 73.4 Å². The number of rotatable bonds is 43. The first-order valence-electron chi connectivity index (χ1n) is 23.4. The van der Waals surface area contributed by atoms with Gasteiger partial charge in [-0.15, -0.1) is 0 Å². The van der Waals surface area contributed by atoms with E-state index in [0.717, 1.165) is 38.5 Å². The van der Waals surface area contributed by atoms with Crippen LogP contribution in [-0.2, 0) is 18.4 Å². The molecule has 0 aromatic rings. The van der Waals surface area contributed by atoms with Gasteiger partial charge >= 0.3 is 7.82 Å². The summed E-state index contributed by atoms with van der Waals surface area (Å²) in [5, 5.41) is 13.9. The molecular weight excluding hydrogens is 695 g/mol. The summed E-state index contributed by atoms with van der Waals surface area (Å²) in [6.45, 7) is 4.91. The fourth-order valence-corrected chi connectivity index (χ4v) is 7.84. The predicted octanol–water partition coefficient (Wildman–Crippen LogP) is 13.0. The van der Waals surface area contributed by atoms with Gasteiger partial charge in [0, 0.05) is 6.42 Å². The Morgan fingerprint density at radius 1 is 0.556 bits per heavy atom. The molecule has 0 saturated heterocycles. The Balaban J connectivity index is 4.23. The minimum Gasteiger partial charge on any atom is -0.391 e. The standard InChI is InChI=1S/C45H93N2O6P/c1-6-8-10-12-14-16-18-20-21-22-23-24-25-26-27-29-31-33-35-37-39-45(49)46-43(42-53-54(50,51)52-41-40-47(3,4)5)44(48)38-36-34-32-30-28-19-17-15-13-11-9-7-2/h43-44,48H,6-42H2,1-5H3,(H-,46,49,50,51)/p+1/t43-,44+/m0/s1. The quantitative estimate of drug-likeness (QED) is 0.0323. The van der Waals surface area contributed by atoms with Gasteiger partial charge in [-0.2, -0.15) is 0 Å². The average Bonchev–Trinajstić information content (AvgIpc) is 3.12. The number of carbonyl (C=O) groups is 1. The molecule has 1 unspecified atom stereocenters. The first kappa shape index (κ1) is 53.5. The van der Waals surface area contributed by atoms with Gasteiger partial charge in [0.2, 0.25) is 5.91 Å². The monoisotopic (exact) mass is 790 g/mol. The van der Waals surface area contributed by atoms with Crippen molar-refractivity contribution in [2.24, 2.45) is 0 Å². The largest absolute Gasteiger partial charge is 0.472 e. The Morgan fingerprint density at radius 3 is 1.24 bits per heavy atom. The lowest BCUT2D eigenvalue weighted by Crippen LogP contribution is -2.46. The molecule has 9 heteroatoms. The van der Waals surface area contributed by atoms with E-state index in [2.05, 4.69) is 19.2 Å². The summed E-state index contributed by atoms with van der Waals surface area (Å²) >= 11 is 0. The van der Waals surface area contributed by atoms with Crippen LogP contribution in [0.15, 0.2) is 0 Å². The number of aliphatic hydroxyl groups excluding tert-OH is 1. The number of quaternary nitrogens is 1. The first-order valence-corrected chi connectivity index (χ1v) is 24.9. The number of hydrogen-bond acceptors (Lipinski definition) is 5. The van der Waals surface area contributed by atoms with E-state index in [1.807, 2.05) is 21.1 Å². The topological polar surface area (TPSA) is 105 Å². The minimum atomic E-state index is -4.31. The molecule has 0 spiro atoms. The van der Waals surface area contributed by atoms with Crippen LogP contribution >= 0.6 is 7.82 Å². The summed E-state index contributed by atoms with van der Waals surface area (Å²) < 4.78 is 23.6. The van der Waals surface area contributed by atoms with Gasteiger partial charge in [-0.25, -0.2) is 4.57 Å². The third kappa shape index (κ3) is 39.7. The Morgan fingerprint density at radius 2 is 0.889 bits per heavy atom. The maximum atomic E-state index is 12.9. The molecule has 0 aliphatic rings. The minimum absolute atomic E-state index is 0.0785. The number of nitrogens with zero attached hydrogens (tertiary/aromatic N) is 1. The van der Waals surface area contributed by atoms with Gasteiger partial charge in [0.25, 0.3) is 0 Å². The van der Waals surface area contributed by atoms with Crippen LogP contribution in [0.5, 0.6) is 0 Å². The van der Waals surface area contributed by atoms with E-state index in [-0.39, 0.29) is 19.1 Å². The summed E-state index contributed by atoms with van der Waals surface area (Å²) in [4.78, 5) is 23.1. The summed E-state index contributed by atoms with van der Waals surface area (Å²) in [6, 6.07) is -0.752. The molecule has 0 saturated carbocycles. The molecule has 0 aliphatic heterocycles. The summed E-state index contributed by atoms with van der Waals surface area (Å²) in [7, 11) is 1.63. The van der Waals surface area contributed by atoms with Crippen molar-refractivity contribution in [2.75, 3.05) is 40.9 Å². The van der Waals surface area contributed by atoms with E-state index in [4.69, 9.17) is 9.05 Å². The molecule has 0 aromatic heterocycles. The highest BCUT2D eigenvalue weighted by Gasteiger charge is 2.28. The third-order valence-corrected chi connectivity index (χ3v) is 11.8. The maximum Gasteiger partial charge on any atom is 0.472 e. The first-order chi connectivity index (χ1) is 26.0. The summed E-state index contributed by atoms with van der Waals surface area (Å²) in [5.74, 6) is -0.140. The van der Waals surface area contributed by atoms with Crippen LogP contribution in [0.3, 0.4) is 0 Å². The van der Waals surface area contributed by atoms with Gasteiger partial charge in [0.15, 0.2) is 0 Å². The number of phosphoric ester groups is 1. The highest BCUT2D eigenvalue weighted by molar-refractivity contribution is 7.47. The molecule has 0 radical (unpaired) electrons. The third-order valence-electron chi connectivity index (χ3n) is 10.9. The molecule has 0 aromatic carbocycles. The number of unbranched alkanes of at least 4 members (excludes halogenated alkanes) is 30. The number of nitrogens with one attached hydrogen (secondary N) is 1. The van der Waals surface area contributed by atoms with Crippen molar-refractivity contribution >= 4 is 13.7 Å². The van der Waals surface area contributed by atoms with Gasteiger partial charge in [0.05, 0.1) is 39.9 Å². The molecule has 0 bridgehead atoms. The smallest absolute Gasteiger partial charge is 0.391 e. The Labute approximate surface area is 336 Å². The van der Waals surface area contributed by atoms with E-state index in [1.54, 1.807) is 0 Å². The summed E-state index contributed by atoms with van der Waals surface area (Å²) in [5.41, 5.74) is 0. The number of amides is 1. The molecule has 3 N–H and O–H groups in total. The number of likely N-dealkylation sites (N-methyl/N-ethyl adjacent to an activating group) is 1. The van der Waals surface area contributed by atoms with Crippen LogP contribution < -0.4 is 5.32 Å². The Hall–Kier alpha value is -0.500. The van der Waals surface area contributed by atoms with Crippen molar-refractivity contribution in [1.29, 1.82) is 0 Å². The van der Waals surface area contributed by atoms with Gasteiger partial charge in [-0.3, -0.25) is 13.8 Å². The van der Waals surface area contributed by atoms with Crippen LogP contribution in [0.1, 0.15) is 232 Å². The highest BCUT2D eigenvalue weighted by atomic mass is 31.2. The Bertz CT molecular complexity index is 855. The van der Waals surface area contributed by atoms with E-state index in [9.17, 15) is 19.4 Å². The second-order valence-corrected chi connectivity index (χ2v) is 19.0. The van der Waals surface area contributed by atoms with E-state index in [1.165, 1.54) is 167 Å². The SMILES string of the molecule is CCCCCCCCCCCCCCCCCCCCCCC(=O)N[C@@H](COP(=O)(O)OCC[N+](C)(C)C)[C@H](O)CCCCCCCCCCCCCC. The molecular formula is C45H94N2O6P+. The van der Waals surface area contributed by atoms with E-state index < -0.39 is 20.0 Å². The zero-order valence-electron chi connectivity index (χ0n) is 36.7. The van der Waals surface area contributed by atoms with E-state index in [0.29, 0.717) is 23.9 Å². The number of phosphoric acid groups is 1. The number of carbonyl (C=O) groups excluding carboxylic acids is 1. The van der Waals surface area contributed by atoms with Gasteiger partial charge in [0.1, 0.15) is 13.2 Å². The fraction of sp³-hybridized carbons (Fsp3) is 0.978. The lowest BCUT2D eigenvalue weighted by molar-refractivity contribution is -0.870. The van der Waals surface area contributed by atoms with Crippen molar-refractivity contribution in [3.8, 4) is 0 Å². The molecule has 0 heterocycles. The van der Waals surface area contributed by atoms with Crippen molar-refractivity contribution < 1.29 is 32.9 Å². The second kappa shape index (κ2) is 38.0. The zero-order chi connectivity index (χ0) is 40.0. The van der Waals surface area contributed by atoms with Crippen LogP contribution in [0.25, 0.3) is 0 Å². The molecule has 324 valence electrons. The zero-order valence-corrected chi connectivity index (χ0v) is 37.6. The van der Waals surface area contributed by atoms with Crippen molar-refractivity contribution in [3.05, 3.63) is 0 Å².